The number of halogens is 1. The Morgan fingerprint density at radius 3 is 2.44 bits per heavy atom. The lowest BCUT2D eigenvalue weighted by Crippen LogP contribution is -2.37. The summed E-state index contributed by atoms with van der Waals surface area (Å²) >= 11 is 5.64. The number of nitrogens with zero attached hydrogens (tertiary/aromatic N) is 2. The Labute approximate surface area is 99.1 Å². The molecule has 5 nitrogen and oxygen atoms in total. The Morgan fingerprint density at radius 2 is 1.94 bits per heavy atom. The molecule has 0 fully saturated rings. The molecule has 0 saturated heterocycles. The average molecular weight is 260 g/mol. The van der Waals surface area contributed by atoms with Crippen molar-refractivity contribution in [2.75, 3.05) is 6.54 Å². The SMILES string of the molecule is N#CCCN(N)S(=O)(=O)c1ccc(Cl)cc1. The van der Waals surface area contributed by atoms with Crippen molar-refractivity contribution in [2.24, 2.45) is 5.84 Å². The minimum atomic E-state index is -3.73. The molecule has 1 aromatic rings. The van der Waals surface area contributed by atoms with E-state index in [1.54, 1.807) is 0 Å². The van der Waals surface area contributed by atoms with Crippen molar-refractivity contribution in [1.29, 1.82) is 5.26 Å². The van der Waals surface area contributed by atoms with E-state index >= 15 is 0 Å². The van der Waals surface area contributed by atoms with Gasteiger partial charge in [0.15, 0.2) is 0 Å². The molecule has 0 saturated carbocycles. The van der Waals surface area contributed by atoms with Gasteiger partial charge in [0.2, 0.25) is 0 Å². The third-order valence-corrected chi connectivity index (χ3v) is 3.78. The Bertz CT molecular complexity index is 492. The molecule has 0 unspecified atom stereocenters. The van der Waals surface area contributed by atoms with E-state index in [0.717, 1.165) is 0 Å². The van der Waals surface area contributed by atoms with Gasteiger partial charge in [-0.1, -0.05) is 11.6 Å². The lowest BCUT2D eigenvalue weighted by atomic mass is 10.4. The first-order valence-electron chi connectivity index (χ1n) is 4.38. The van der Waals surface area contributed by atoms with Crippen LogP contribution in [-0.4, -0.2) is 19.4 Å². The predicted octanol–water partition coefficient (Wildman–Crippen LogP) is 1.12. The van der Waals surface area contributed by atoms with Gasteiger partial charge in [0, 0.05) is 11.6 Å². The van der Waals surface area contributed by atoms with Gasteiger partial charge in [0.25, 0.3) is 10.0 Å². The van der Waals surface area contributed by atoms with Crippen molar-refractivity contribution >= 4 is 21.6 Å². The normalized spacial score (nSPS) is 11.4. The average Bonchev–Trinajstić information content (AvgIpc) is 2.26. The first kappa shape index (κ1) is 12.9. The number of rotatable bonds is 4. The Kier molecular flexibility index (Phi) is 4.26. The van der Waals surface area contributed by atoms with Gasteiger partial charge in [-0.25, -0.2) is 8.42 Å². The van der Waals surface area contributed by atoms with Crippen LogP contribution >= 0.6 is 11.6 Å². The fourth-order valence-corrected chi connectivity index (χ4v) is 2.23. The van der Waals surface area contributed by atoms with Gasteiger partial charge >= 0.3 is 0 Å². The predicted molar refractivity (Wildman–Crippen MR) is 59.8 cm³/mol. The van der Waals surface area contributed by atoms with Crippen molar-refractivity contribution in [1.82, 2.24) is 4.41 Å². The van der Waals surface area contributed by atoms with Gasteiger partial charge in [-0.05, 0) is 24.3 Å². The molecule has 0 aliphatic carbocycles. The summed E-state index contributed by atoms with van der Waals surface area (Å²) in [6, 6.07) is 7.48. The van der Waals surface area contributed by atoms with E-state index in [2.05, 4.69) is 0 Å². The molecule has 0 aliphatic rings. The number of hydrazine groups is 1. The fraction of sp³-hybridized carbons (Fsp3) is 0.222. The van der Waals surface area contributed by atoms with E-state index in [-0.39, 0.29) is 17.9 Å². The number of hydrogen-bond donors (Lipinski definition) is 1. The molecular formula is C9H10ClN3O2S. The Balaban J connectivity index is 2.94. The third-order valence-electron chi connectivity index (χ3n) is 1.86. The van der Waals surface area contributed by atoms with Gasteiger partial charge in [-0.3, -0.25) is 5.84 Å². The molecule has 0 heterocycles. The van der Waals surface area contributed by atoms with Crippen LogP contribution in [0.4, 0.5) is 0 Å². The van der Waals surface area contributed by atoms with Crippen LogP contribution in [0.3, 0.4) is 0 Å². The number of sulfonamides is 1. The molecule has 0 spiro atoms. The summed E-state index contributed by atoms with van der Waals surface area (Å²) in [6.45, 7) is -0.0402. The molecule has 0 amide bonds. The molecule has 7 heteroatoms. The largest absolute Gasteiger partial charge is 0.255 e. The van der Waals surface area contributed by atoms with Crippen molar-refractivity contribution in [3.63, 3.8) is 0 Å². The second kappa shape index (κ2) is 5.27. The highest BCUT2D eigenvalue weighted by atomic mass is 35.5. The highest BCUT2D eigenvalue weighted by molar-refractivity contribution is 7.89. The molecule has 0 bridgehead atoms. The lowest BCUT2D eigenvalue weighted by Gasteiger charge is -2.14. The molecule has 2 N–H and O–H groups in total. The van der Waals surface area contributed by atoms with Crippen molar-refractivity contribution < 1.29 is 8.42 Å². The Morgan fingerprint density at radius 1 is 1.38 bits per heavy atom. The molecule has 1 aromatic carbocycles. The molecular weight excluding hydrogens is 250 g/mol. The Hall–Kier alpha value is -1.13. The molecule has 0 atom stereocenters. The second-order valence-electron chi connectivity index (χ2n) is 2.98. The first-order valence-corrected chi connectivity index (χ1v) is 6.20. The standard InChI is InChI=1S/C9H10ClN3O2S/c10-8-2-4-9(5-3-8)16(14,15)13(12)7-1-6-11/h2-5H,1,7,12H2. The van der Waals surface area contributed by atoms with E-state index in [0.29, 0.717) is 9.44 Å². The smallest absolute Gasteiger partial charge is 0.255 e. The number of hydrogen-bond acceptors (Lipinski definition) is 4. The molecule has 0 aliphatic heterocycles. The van der Waals surface area contributed by atoms with Crippen LogP contribution in [0.1, 0.15) is 6.42 Å². The minimum absolute atomic E-state index is 0.0402. The molecule has 0 radical (unpaired) electrons. The summed E-state index contributed by atoms with van der Waals surface area (Å²) < 4.78 is 24.2. The van der Waals surface area contributed by atoms with Gasteiger partial charge in [-0.15, -0.1) is 4.41 Å². The number of benzene rings is 1. The highest BCUT2D eigenvalue weighted by Crippen LogP contribution is 2.16. The summed E-state index contributed by atoms with van der Waals surface area (Å²) in [5.41, 5.74) is 0. The van der Waals surface area contributed by atoms with E-state index in [1.807, 2.05) is 6.07 Å². The summed E-state index contributed by atoms with van der Waals surface area (Å²) in [5, 5.41) is 8.79. The molecule has 86 valence electrons. The van der Waals surface area contributed by atoms with Gasteiger partial charge in [0.05, 0.1) is 17.4 Å². The number of nitrogens with two attached hydrogens (primary N) is 1. The van der Waals surface area contributed by atoms with Crippen LogP contribution < -0.4 is 5.84 Å². The second-order valence-corrected chi connectivity index (χ2v) is 5.30. The van der Waals surface area contributed by atoms with Crippen LogP contribution in [0, 0.1) is 11.3 Å². The monoisotopic (exact) mass is 259 g/mol. The summed E-state index contributed by atoms with van der Waals surface area (Å²) in [7, 11) is -3.73. The maximum atomic E-state index is 11.8. The van der Waals surface area contributed by atoms with Crippen molar-refractivity contribution in [3.05, 3.63) is 29.3 Å². The maximum absolute atomic E-state index is 11.8. The summed E-state index contributed by atoms with van der Waals surface area (Å²) in [4.78, 5) is 0.0531. The zero-order valence-electron chi connectivity index (χ0n) is 8.30. The highest BCUT2D eigenvalue weighted by Gasteiger charge is 2.20. The topological polar surface area (TPSA) is 87.2 Å². The van der Waals surface area contributed by atoms with Gasteiger partial charge in [-0.2, -0.15) is 5.26 Å². The summed E-state index contributed by atoms with van der Waals surface area (Å²) in [5.74, 6) is 5.37. The van der Waals surface area contributed by atoms with Crippen LogP contribution in [-0.2, 0) is 10.0 Å². The van der Waals surface area contributed by atoms with Crippen molar-refractivity contribution in [2.45, 2.75) is 11.3 Å². The zero-order valence-corrected chi connectivity index (χ0v) is 9.87. The lowest BCUT2D eigenvalue weighted by molar-refractivity contribution is 0.433. The minimum Gasteiger partial charge on any atom is -0.255 e. The van der Waals surface area contributed by atoms with Crippen LogP contribution in [0.2, 0.25) is 5.02 Å². The number of nitriles is 1. The summed E-state index contributed by atoms with van der Waals surface area (Å²) in [6.07, 6.45) is 0.0450. The van der Waals surface area contributed by atoms with E-state index in [1.165, 1.54) is 24.3 Å². The van der Waals surface area contributed by atoms with Gasteiger partial charge < -0.3 is 0 Å². The van der Waals surface area contributed by atoms with Crippen LogP contribution in [0.25, 0.3) is 0 Å². The molecule has 16 heavy (non-hydrogen) atoms. The van der Waals surface area contributed by atoms with E-state index in [9.17, 15) is 8.42 Å². The zero-order chi connectivity index (χ0) is 12.2. The molecule has 1 rings (SSSR count). The molecule has 0 aromatic heterocycles. The first-order chi connectivity index (χ1) is 7.48. The quantitative estimate of drug-likeness (QED) is 0.648. The van der Waals surface area contributed by atoms with Crippen LogP contribution in [0.15, 0.2) is 29.2 Å². The van der Waals surface area contributed by atoms with E-state index < -0.39 is 10.0 Å². The van der Waals surface area contributed by atoms with E-state index in [4.69, 9.17) is 22.7 Å². The third kappa shape index (κ3) is 2.93. The van der Waals surface area contributed by atoms with Crippen molar-refractivity contribution in [3.8, 4) is 6.07 Å². The maximum Gasteiger partial charge on any atom is 0.255 e. The van der Waals surface area contributed by atoms with Gasteiger partial charge in [0.1, 0.15) is 0 Å². The van der Waals surface area contributed by atoms with Crippen LogP contribution in [0.5, 0.6) is 0 Å². The fourth-order valence-electron chi connectivity index (χ4n) is 1.02.